The van der Waals surface area contributed by atoms with Gasteiger partial charge in [0.1, 0.15) is 17.6 Å². The Hall–Kier alpha value is -3.95. The Labute approximate surface area is 216 Å². The van der Waals surface area contributed by atoms with Crippen LogP contribution >= 0.6 is 0 Å². The van der Waals surface area contributed by atoms with E-state index in [1.54, 1.807) is 22.7 Å². The molecule has 9 heteroatoms. The SMILES string of the molecule is CO[C@@H]1[C@@H](O)[C@H](NC(=O)Nc2c(C)c(-c3cnn(C)c3)nn2-c2ccccc2)c2ccccc2C1(C)C. The predicted octanol–water partition coefficient (Wildman–Crippen LogP) is 4.11. The number of aromatic nitrogens is 4. The molecular weight excluding hydrogens is 468 g/mol. The number of fused-ring (bicyclic) bond motifs is 1. The highest BCUT2D eigenvalue weighted by Crippen LogP contribution is 2.43. The van der Waals surface area contributed by atoms with Gasteiger partial charge in [-0.3, -0.25) is 10.00 Å². The molecule has 5 rings (SSSR count). The number of aliphatic hydroxyl groups excluding tert-OH is 1. The Balaban J connectivity index is 1.50. The van der Waals surface area contributed by atoms with Gasteiger partial charge in [-0.15, -0.1) is 0 Å². The number of hydrogen-bond acceptors (Lipinski definition) is 5. The van der Waals surface area contributed by atoms with Gasteiger partial charge < -0.3 is 15.2 Å². The molecule has 4 aromatic rings. The maximum absolute atomic E-state index is 13.4. The summed E-state index contributed by atoms with van der Waals surface area (Å²) >= 11 is 0. The molecule has 9 nitrogen and oxygen atoms in total. The van der Waals surface area contributed by atoms with Crippen molar-refractivity contribution in [2.45, 2.75) is 44.4 Å². The second kappa shape index (κ2) is 9.49. The van der Waals surface area contributed by atoms with Crippen molar-refractivity contribution in [3.05, 3.63) is 83.7 Å². The van der Waals surface area contributed by atoms with E-state index in [1.165, 1.54) is 0 Å². The number of aryl methyl sites for hydroxylation is 1. The van der Waals surface area contributed by atoms with Crippen LogP contribution in [0.25, 0.3) is 16.9 Å². The summed E-state index contributed by atoms with van der Waals surface area (Å²) in [7, 11) is 3.43. The number of amides is 2. The first-order valence-corrected chi connectivity index (χ1v) is 12.2. The largest absolute Gasteiger partial charge is 0.388 e. The maximum atomic E-state index is 13.4. The minimum Gasteiger partial charge on any atom is -0.388 e. The molecule has 2 amide bonds. The van der Waals surface area contributed by atoms with Crippen LogP contribution in [0.3, 0.4) is 0 Å². The second-order valence-electron chi connectivity index (χ2n) is 10.0. The third-order valence-electron chi connectivity index (χ3n) is 7.23. The number of carbonyl (C=O) groups excluding carboxylic acids is 1. The van der Waals surface area contributed by atoms with Gasteiger partial charge in [-0.2, -0.15) is 10.2 Å². The van der Waals surface area contributed by atoms with Gasteiger partial charge in [0, 0.05) is 36.9 Å². The first kappa shape index (κ1) is 24.7. The lowest BCUT2D eigenvalue weighted by Crippen LogP contribution is -2.55. The summed E-state index contributed by atoms with van der Waals surface area (Å²) in [5.74, 6) is 0.532. The van der Waals surface area contributed by atoms with Crippen LogP contribution in [0, 0.1) is 6.92 Å². The van der Waals surface area contributed by atoms with Gasteiger partial charge in [0.05, 0.1) is 24.0 Å². The van der Waals surface area contributed by atoms with Crippen LogP contribution in [0.1, 0.15) is 36.6 Å². The molecule has 0 radical (unpaired) electrons. The van der Waals surface area contributed by atoms with Crippen LogP contribution < -0.4 is 10.6 Å². The molecule has 3 N–H and O–H groups in total. The molecule has 2 aromatic heterocycles. The fourth-order valence-corrected chi connectivity index (χ4v) is 5.39. The lowest BCUT2D eigenvalue weighted by Gasteiger charge is -2.46. The van der Waals surface area contributed by atoms with Crippen molar-refractivity contribution in [3.8, 4) is 16.9 Å². The Kier molecular flexibility index (Phi) is 6.35. The van der Waals surface area contributed by atoms with Crippen molar-refractivity contribution >= 4 is 11.8 Å². The van der Waals surface area contributed by atoms with E-state index in [1.807, 2.05) is 88.6 Å². The number of urea groups is 1. The molecule has 2 heterocycles. The van der Waals surface area contributed by atoms with Crippen molar-refractivity contribution in [3.63, 3.8) is 0 Å². The Morgan fingerprint density at radius 1 is 1.11 bits per heavy atom. The summed E-state index contributed by atoms with van der Waals surface area (Å²) in [5.41, 5.74) is 4.64. The van der Waals surface area contributed by atoms with E-state index in [4.69, 9.17) is 9.84 Å². The molecule has 1 aliphatic carbocycles. The average molecular weight is 501 g/mol. The third kappa shape index (κ3) is 4.30. The maximum Gasteiger partial charge on any atom is 0.320 e. The monoisotopic (exact) mass is 500 g/mol. The standard InChI is InChI=1S/C28H32N6O3/c1-17-22(18-15-29-33(4)16-18)32-34(19-11-7-6-8-12-19)26(17)31-27(36)30-23-20-13-9-10-14-21(20)28(2,3)25(37-5)24(23)35/h6-16,23-25,35H,1-5H3,(H2,30,31,36)/t23-,24+,25-/m1/s1. The highest BCUT2D eigenvalue weighted by atomic mass is 16.5. The van der Waals surface area contributed by atoms with Crippen LogP contribution in [0.5, 0.6) is 0 Å². The van der Waals surface area contributed by atoms with E-state index in [2.05, 4.69) is 15.7 Å². The van der Waals surface area contributed by atoms with Crippen LogP contribution in [0.4, 0.5) is 10.6 Å². The topological polar surface area (TPSA) is 106 Å². The van der Waals surface area contributed by atoms with E-state index in [0.29, 0.717) is 5.82 Å². The van der Waals surface area contributed by atoms with E-state index in [9.17, 15) is 9.90 Å². The zero-order valence-corrected chi connectivity index (χ0v) is 21.6. The highest BCUT2D eigenvalue weighted by Gasteiger charge is 2.47. The minimum absolute atomic E-state index is 0.430. The van der Waals surface area contributed by atoms with Crippen LogP contribution in [0.15, 0.2) is 67.0 Å². The molecule has 2 aromatic carbocycles. The van der Waals surface area contributed by atoms with Crippen molar-refractivity contribution in [1.29, 1.82) is 0 Å². The summed E-state index contributed by atoms with van der Waals surface area (Å²) < 4.78 is 9.14. The zero-order valence-electron chi connectivity index (χ0n) is 21.6. The van der Waals surface area contributed by atoms with Gasteiger partial charge in [-0.25, -0.2) is 9.48 Å². The van der Waals surface area contributed by atoms with Crippen molar-refractivity contribution in [1.82, 2.24) is 24.9 Å². The fraction of sp³-hybridized carbons (Fsp3) is 0.321. The molecule has 0 saturated carbocycles. The smallest absolute Gasteiger partial charge is 0.320 e. The number of nitrogens with zero attached hydrogens (tertiary/aromatic N) is 4. The van der Waals surface area contributed by atoms with Crippen LogP contribution in [-0.4, -0.2) is 50.0 Å². The number of anilines is 1. The van der Waals surface area contributed by atoms with Crippen LogP contribution in [0.2, 0.25) is 0 Å². The van der Waals surface area contributed by atoms with Gasteiger partial charge in [0.15, 0.2) is 0 Å². The summed E-state index contributed by atoms with van der Waals surface area (Å²) in [5, 5.41) is 26.3. The molecular formula is C28H32N6O3. The zero-order chi connectivity index (χ0) is 26.3. The lowest BCUT2D eigenvalue weighted by atomic mass is 9.67. The summed E-state index contributed by atoms with van der Waals surface area (Å²) in [6.45, 7) is 6.00. The predicted molar refractivity (Wildman–Crippen MR) is 142 cm³/mol. The number of hydrogen-bond donors (Lipinski definition) is 3. The van der Waals surface area contributed by atoms with Gasteiger partial charge in [0.2, 0.25) is 0 Å². The van der Waals surface area contributed by atoms with Gasteiger partial charge in [-0.1, -0.05) is 56.3 Å². The quantitative estimate of drug-likeness (QED) is 0.382. The Morgan fingerprint density at radius 2 is 1.81 bits per heavy atom. The molecule has 1 aliphatic rings. The fourth-order valence-electron chi connectivity index (χ4n) is 5.39. The first-order valence-electron chi connectivity index (χ1n) is 12.2. The van der Waals surface area contributed by atoms with Gasteiger partial charge in [0.25, 0.3) is 0 Å². The summed E-state index contributed by atoms with van der Waals surface area (Å²) in [4.78, 5) is 13.4. The number of benzene rings is 2. The normalized spacial score (nSPS) is 20.3. The van der Waals surface area contributed by atoms with Gasteiger partial charge in [-0.05, 0) is 30.2 Å². The second-order valence-corrected chi connectivity index (χ2v) is 10.0. The summed E-state index contributed by atoms with van der Waals surface area (Å²) in [6.07, 6.45) is 2.20. The Morgan fingerprint density at radius 3 is 2.49 bits per heavy atom. The van der Waals surface area contributed by atoms with E-state index < -0.39 is 29.7 Å². The summed E-state index contributed by atoms with van der Waals surface area (Å²) in [6, 6.07) is 16.4. The first-order chi connectivity index (χ1) is 17.7. The number of para-hydroxylation sites is 1. The molecule has 3 atom stereocenters. The molecule has 37 heavy (non-hydrogen) atoms. The average Bonchev–Trinajstić information content (AvgIpc) is 3.45. The number of ether oxygens (including phenoxy) is 1. The lowest BCUT2D eigenvalue weighted by molar-refractivity contribution is -0.0730. The van der Waals surface area contributed by atoms with Crippen LogP contribution in [-0.2, 0) is 17.2 Å². The highest BCUT2D eigenvalue weighted by molar-refractivity contribution is 5.91. The molecule has 0 saturated heterocycles. The third-order valence-corrected chi connectivity index (χ3v) is 7.23. The minimum atomic E-state index is -0.938. The molecule has 0 fully saturated rings. The molecule has 192 valence electrons. The van der Waals surface area contributed by atoms with E-state index in [0.717, 1.165) is 33.6 Å². The molecule has 0 spiro atoms. The van der Waals surface area contributed by atoms with E-state index in [-0.39, 0.29) is 0 Å². The Bertz CT molecular complexity index is 1420. The number of nitrogens with one attached hydrogen (secondary N) is 2. The van der Waals surface area contributed by atoms with Crippen molar-refractivity contribution in [2.24, 2.45) is 7.05 Å². The van der Waals surface area contributed by atoms with E-state index >= 15 is 0 Å². The number of aliphatic hydroxyl groups is 1. The number of rotatable bonds is 5. The van der Waals surface area contributed by atoms with Crippen molar-refractivity contribution in [2.75, 3.05) is 12.4 Å². The number of methoxy groups -OCH3 is 1. The van der Waals surface area contributed by atoms with Crippen molar-refractivity contribution < 1.29 is 14.6 Å². The molecule has 0 bridgehead atoms. The number of carbonyl (C=O) groups is 1. The molecule has 0 aliphatic heterocycles. The molecule has 0 unspecified atom stereocenters. The van der Waals surface area contributed by atoms with Gasteiger partial charge >= 0.3 is 6.03 Å².